The second kappa shape index (κ2) is 5.10. The fourth-order valence-corrected chi connectivity index (χ4v) is 2.13. The highest BCUT2D eigenvalue weighted by molar-refractivity contribution is 6.05. The molecule has 0 aliphatic rings. The minimum atomic E-state index is -0.263. The smallest absolute Gasteiger partial charge is 0.255 e. The molecule has 3 aromatic rings. The maximum absolute atomic E-state index is 12.3. The summed E-state index contributed by atoms with van der Waals surface area (Å²) in [5, 5.41) is 11.8. The number of hydrogen-bond acceptors (Lipinski definition) is 3. The van der Waals surface area contributed by atoms with Crippen molar-refractivity contribution in [3.63, 3.8) is 0 Å². The number of nitrogens with one attached hydrogen (secondary N) is 1. The molecule has 0 aliphatic heterocycles. The summed E-state index contributed by atoms with van der Waals surface area (Å²) in [4.78, 5) is 16.6. The zero-order chi connectivity index (χ0) is 14.8. The predicted octanol–water partition coefficient (Wildman–Crippen LogP) is 2.77. The fraction of sp³-hybridized carbons (Fsp3) is 0.0625. The van der Waals surface area contributed by atoms with Gasteiger partial charge in [0.05, 0.1) is 16.9 Å². The number of nitriles is 1. The van der Waals surface area contributed by atoms with Gasteiger partial charge in [-0.2, -0.15) is 5.26 Å². The molecule has 0 saturated heterocycles. The van der Waals surface area contributed by atoms with Crippen molar-refractivity contribution in [3.8, 4) is 6.07 Å². The van der Waals surface area contributed by atoms with E-state index in [0.29, 0.717) is 22.5 Å². The minimum Gasteiger partial charge on any atom is -0.321 e. The highest BCUT2D eigenvalue weighted by Gasteiger charge is 2.10. The fourth-order valence-electron chi connectivity index (χ4n) is 2.13. The van der Waals surface area contributed by atoms with Gasteiger partial charge in [0.1, 0.15) is 11.7 Å². The standard InChI is InChI=1S/C16H12N4O/c1-11-10-20-7-6-12(8-15(20)18-11)16(21)19-14-5-3-2-4-13(14)9-17/h2-8,10H,1H3,(H,19,21). The van der Waals surface area contributed by atoms with Crippen LogP contribution >= 0.6 is 0 Å². The Morgan fingerprint density at radius 3 is 2.95 bits per heavy atom. The second-order valence-corrected chi connectivity index (χ2v) is 4.67. The van der Waals surface area contributed by atoms with E-state index in [2.05, 4.69) is 16.4 Å². The van der Waals surface area contributed by atoms with Crippen LogP contribution < -0.4 is 5.32 Å². The molecule has 21 heavy (non-hydrogen) atoms. The third-order valence-corrected chi connectivity index (χ3v) is 3.14. The topological polar surface area (TPSA) is 70.2 Å². The molecule has 0 spiro atoms. The van der Waals surface area contributed by atoms with Crippen LogP contribution in [0.1, 0.15) is 21.6 Å². The summed E-state index contributed by atoms with van der Waals surface area (Å²) in [5.74, 6) is -0.263. The molecule has 2 heterocycles. The normalized spacial score (nSPS) is 10.3. The summed E-state index contributed by atoms with van der Waals surface area (Å²) >= 11 is 0. The number of amides is 1. The first-order valence-corrected chi connectivity index (χ1v) is 6.43. The number of carbonyl (C=O) groups is 1. The Morgan fingerprint density at radius 1 is 1.33 bits per heavy atom. The van der Waals surface area contributed by atoms with Crippen LogP contribution in [0.4, 0.5) is 5.69 Å². The first-order valence-electron chi connectivity index (χ1n) is 6.43. The molecular formula is C16H12N4O. The lowest BCUT2D eigenvalue weighted by molar-refractivity contribution is 0.102. The molecule has 5 heteroatoms. The Morgan fingerprint density at radius 2 is 2.14 bits per heavy atom. The Kier molecular flexibility index (Phi) is 3.13. The summed E-state index contributed by atoms with van der Waals surface area (Å²) in [5.41, 5.74) is 3.05. The minimum absolute atomic E-state index is 0.263. The van der Waals surface area contributed by atoms with Crippen molar-refractivity contribution in [3.05, 3.63) is 65.6 Å². The van der Waals surface area contributed by atoms with E-state index in [-0.39, 0.29) is 5.91 Å². The number of pyridine rings is 1. The number of hydrogen-bond donors (Lipinski definition) is 1. The van der Waals surface area contributed by atoms with Crippen LogP contribution in [0.3, 0.4) is 0 Å². The number of benzene rings is 1. The maximum atomic E-state index is 12.3. The SMILES string of the molecule is Cc1cn2ccc(C(=O)Nc3ccccc3C#N)cc2n1. The van der Waals surface area contributed by atoms with E-state index >= 15 is 0 Å². The lowest BCUT2D eigenvalue weighted by atomic mass is 10.2. The van der Waals surface area contributed by atoms with Gasteiger partial charge in [0, 0.05) is 18.0 Å². The van der Waals surface area contributed by atoms with Crippen LogP contribution in [0.15, 0.2) is 48.8 Å². The van der Waals surface area contributed by atoms with Crippen molar-refractivity contribution in [2.45, 2.75) is 6.92 Å². The first kappa shape index (κ1) is 12.9. The Hall–Kier alpha value is -3.13. The number of nitrogens with zero attached hydrogens (tertiary/aromatic N) is 3. The van der Waals surface area contributed by atoms with E-state index in [1.54, 1.807) is 42.6 Å². The third-order valence-electron chi connectivity index (χ3n) is 3.14. The Labute approximate surface area is 121 Å². The Balaban J connectivity index is 1.91. The predicted molar refractivity (Wildman–Crippen MR) is 79.0 cm³/mol. The molecule has 0 bridgehead atoms. The lowest BCUT2D eigenvalue weighted by Crippen LogP contribution is -2.13. The summed E-state index contributed by atoms with van der Waals surface area (Å²) in [7, 11) is 0. The number of para-hydroxylation sites is 1. The first-order chi connectivity index (χ1) is 10.2. The summed E-state index contributed by atoms with van der Waals surface area (Å²) in [6.45, 7) is 1.90. The molecule has 1 aromatic carbocycles. The van der Waals surface area contributed by atoms with Gasteiger partial charge in [-0.25, -0.2) is 4.98 Å². The highest BCUT2D eigenvalue weighted by atomic mass is 16.1. The molecule has 0 radical (unpaired) electrons. The lowest BCUT2D eigenvalue weighted by Gasteiger charge is -2.07. The molecule has 1 N–H and O–H groups in total. The molecule has 102 valence electrons. The van der Waals surface area contributed by atoms with E-state index in [0.717, 1.165) is 5.69 Å². The van der Waals surface area contributed by atoms with Crippen molar-refractivity contribution < 1.29 is 4.79 Å². The molecule has 0 unspecified atom stereocenters. The zero-order valence-electron chi connectivity index (χ0n) is 11.4. The summed E-state index contributed by atoms with van der Waals surface area (Å²) < 4.78 is 1.86. The van der Waals surface area contributed by atoms with E-state index in [4.69, 9.17) is 5.26 Å². The molecule has 0 fully saturated rings. The van der Waals surface area contributed by atoms with Gasteiger partial charge in [-0.1, -0.05) is 12.1 Å². The second-order valence-electron chi connectivity index (χ2n) is 4.67. The van der Waals surface area contributed by atoms with Crippen LogP contribution in [0.2, 0.25) is 0 Å². The zero-order valence-corrected chi connectivity index (χ0v) is 11.4. The number of rotatable bonds is 2. The molecule has 2 aromatic heterocycles. The third kappa shape index (κ3) is 2.47. The van der Waals surface area contributed by atoms with Crippen molar-refractivity contribution in [2.24, 2.45) is 0 Å². The molecule has 1 amide bonds. The van der Waals surface area contributed by atoms with Gasteiger partial charge in [-0.15, -0.1) is 0 Å². The largest absolute Gasteiger partial charge is 0.321 e. The molecule has 3 rings (SSSR count). The van der Waals surface area contributed by atoms with Crippen molar-refractivity contribution in [1.29, 1.82) is 5.26 Å². The van der Waals surface area contributed by atoms with E-state index in [1.807, 2.05) is 17.5 Å². The van der Waals surface area contributed by atoms with Crippen LogP contribution in [0, 0.1) is 18.3 Å². The van der Waals surface area contributed by atoms with Crippen LogP contribution in [-0.4, -0.2) is 15.3 Å². The average molecular weight is 276 g/mol. The molecule has 5 nitrogen and oxygen atoms in total. The number of anilines is 1. The Bertz CT molecular complexity index is 873. The van der Waals surface area contributed by atoms with Gasteiger partial charge in [0.25, 0.3) is 5.91 Å². The summed E-state index contributed by atoms with van der Waals surface area (Å²) in [6, 6.07) is 12.4. The molecule has 0 atom stereocenters. The molecule has 0 aliphatic carbocycles. The number of aromatic nitrogens is 2. The van der Waals surface area contributed by atoms with Gasteiger partial charge < -0.3 is 9.72 Å². The van der Waals surface area contributed by atoms with Gasteiger partial charge in [0.2, 0.25) is 0 Å². The van der Waals surface area contributed by atoms with Gasteiger partial charge in [-0.05, 0) is 31.2 Å². The van der Waals surface area contributed by atoms with Gasteiger partial charge in [-0.3, -0.25) is 4.79 Å². The summed E-state index contributed by atoms with van der Waals surface area (Å²) in [6.07, 6.45) is 3.68. The average Bonchev–Trinajstić information content (AvgIpc) is 2.86. The van der Waals surface area contributed by atoms with Gasteiger partial charge >= 0.3 is 0 Å². The maximum Gasteiger partial charge on any atom is 0.255 e. The van der Waals surface area contributed by atoms with Crippen LogP contribution in [0.5, 0.6) is 0 Å². The molecule has 0 saturated carbocycles. The molecular weight excluding hydrogens is 264 g/mol. The number of fused-ring (bicyclic) bond motifs is 1. The van der Waals surface area contributed by atoms with Crippen LogP contribution in [-0.2, 0) is 0 Å². The van der Waals surface area contributed by atoms with E-state index in [9.17, 15) is 4.79 Å². The quantitative estimate of drug-likeness (QED) is 0.782. The van der Waals surface area contributed by atoms with Crippen molar-refractivity contribution >= 4 is 17.2 Å². The number of imidazole rings is 1. The van der Waals surface area contributed by atoms with Crippen molar-refractivity contribution in [1.82, 2.24) is 9.38 Å². The number of aryl methyl sites for hydroxylation is 1. The van der Waals surface area contributed by atoms with Crippen LogP contribution in [0.25, 0.3) is 5.65 Å². The van der Waals surface area contributed by atoms with E-state index < -0.39 is 0 Å². The van der Waals surface area contributed by atoms with Crippen molar-refractivity contribution in [2.75, 3.05) is 5.32 Å². The monoisotopic (exact) mass is 276 g/mol. The van der Waals surface area contributed by atoms with E-state index in [1.165, 1.54) is 0 Å². The number of carbonyl (C=O) groups excluding carboxylic acids is 1. The highest BCUT2D eigenvalue weighted by Crippen LogP contribution is 2.15. The van der Waals surface area contributed by atoms with Gasteiger partial charge in [0.15, 0.2) is 0 Å².